The highest BCUT2D eigenvalue weighted by Gasteiger charge is 2.12. The minimum absolute atomic E-state index is 0.00196. The molecule has 1 aromatic carbocycles. The molecule has 118 valence electrons. The molecule has 0 radical (unpaired) electrons. The maximum absolute atomic E-state index is 12.2. The number of furan rings is 1. The molecule has 0 unspecified atom stereocenters. The number of halogens is 2. The molecule has 3 aromatic rings. The summed E-state index contributed by atoms with van der Waals surface area (Å²) in [6.45, 7) is -2.91. The van der Waals surface area contributed by atoms with Gasteiger partial charge in [-0.3, -0.25) is 15.2 Å². The van der Waals surface area contributed by atoms with Crippen molar-refractivity contribution in [1.29, 1.82) is 0 Å². The summed E-state index contributed by atoms with van der Waals surface area (Å²) < 4.78 is 33.6. The predicted octanol–water partition coefficient (Wildman–Crippen LogP) is 2.92. The lowest BCUT2D eigenvalue weighted by Gasteiger charge is -2.04. The van der Waals surface area contributed by atoms with E-state index in [4.69, 9.17) is 4.42 Å². The van der Waals surface area contributed by atoms with Crippen LogP contribution in [0.25, 0.3) is 11.4 Å². The number of aromatic amines is 1. The molecule has 7 nitrogen and oxygen atoms in total. The van der Waals surface area contributed by atoms with Crippen LogP contribution in [0, 0.1) is 0 Å². The van der Waals surface area contributed by atoms with Crippen molar-refractivity contribution in [3.05, 3.63) is 48.4 Å². The Kier molecular flexibility index (Phi) is 4.00. The molecule has 0 saturated heterocycles. The minimum Gasteiger partial charge on any atom is -0.472 e. The number of hydrogen-bond acceptors (Lipinski definition) is 5. The number of ether oxygens (including phenoxy) is 1. The molecule has 0 spiro atoms. The Labute approximate surface area is 128 Å². The lowest BCUT2D eigenvalue weighted by molar-refractivity contribution is -0.0498. The number of hydrogen-bond donors (Lipinski definition) is 2. The van der Waals surface area contributed by atoms with Crippen molar-refractivity contribution in [2.24, 2.45) is 0 Å². The van der Waals surface area contributed by atoms with E-state index in [0.29, 0.717) is 17.0 Å². The van der Waals surface area contributed by atoms with E-state index in [1.807, 2.05) is 0 Å². The van der Waals surface area contributed by atoms with Gasteiger partial charge >= 0.3 is 6.61 Å². The number of carbonyl (C=O) groups excluding carboxylic acids is 1. The van der Waals surface area contributed by atoms with Crippen LogP contribution in [0.5, 0.6) is 5.75 Å². The van der Waals surface area contributed by atoms with Crippen LogP contribution < -0.4 is 10.1 Å². The van der Waals surface area contributed by atoms with E-state index in [1.165, 1.54) is 30.7 Å². The fourth-order valence-electron chi connectivity index (χ4n) is 1.83. The molecular weight excluding hydrogens is 310 g/mol. The first-order chi connectivity index (χ1) is 11.1. The zero-order valence-electron chi connectivity index (χ0n) is 11.5. The first kappa shape index (κ1) is 14.7. The molecule has 0 fully saturated rings. The number of benzene rings is 1. The van der Waals surface area contributed by atoms with E-state index in [9.17, 15) is 13.6 Å². The molecule has 0 aliphatic rings. The number of carbonyl (C=O) groups is 1. The fraction of sp³-hybridized carbons (Fsp3) is 0.0714. The van der Waals surface area contributed by atoms with Crippen LogP contribution in [0.3, 0.4) is 0 Å². The summed E-state index contributed by atoms with van der Waals surface area (Å²) in [5.41, 5.74) is 0.808. The number of aromatic nitrogens is 3. The predicted molar refractivity (Wildman–Crippen MR) is 75.1 cm³/mol. The Morgan fingerprint density at radius 1 is 1.35 bits per heavy atom. The number of anilines is 1. The normalized spacial score (nSPS) is 10.7. The van der Waals surface area contributed by atoms with Crippen molar-refractivity contribution in [2.75, 3.05) is 5.32 Å². The molecule has 0 bridgehead atoms. The van der Waals surface area contributed by atoms with Crippen molar-refractivity contribution in [3.63, 3.8) is 0 Å². The zero-order valence-corrected chi connectivity index (χ0v) is 11.5. The summed E-state index contributed by atoms with van der Waals surface area (Å²) in [4.78, 5) is 15.9. The highest BCUT2D eigenvalue weighted by molar-refractivity contribution is 6.03. The molecule has 3 rings (SSSR count). The first-order valence-corrected chi connectivity index (χ1v) is 6.43. The quantitative estimate of drug-likeness (QED) is 0.754. The molecule has 2 aromatic heterocycles. The van der Waals surface area contributed by atoms with Crippen LogP contribution in [0.15, 0.2) is 47.3 Å². The third-order valence-corrected chi connectivity index (χ3v) is 2.83. The number of nitrogens with zero attached hydrogens (tertiary/aromatic N) is 2. The topological polar surface area (TPSA) is 93.0 Å². The maximum Gasteiger partial charge on any atom is 0.387 e. The molecule has 0 atom stereocenters. The van der Waals surface area contributed by atoms with E-state index in [1.54, 1.807) is 12.1 Å². The molecule has 2 N–H and O–H groups in total. The van der Waals surface area contributed by atoms with Gasteiger partial charge in [-0.2, -0.15) is 13.8 Å². The third kappa shape index (κ3) is 3.51. The van der Waals surface area contributed by atoms with Gasteiger partial charge in [-0.05, 0) is 18.2 Å². The fourth-order valence-corrected chi connectivity index (χ4v) is 1.83. The number of H-pyrrole nitrogens is 1. The van der Waals surface area contributed by atoms with E-state index in [2.05, 4.69) is 25.2 Å². The Morgan fingerprint density at radius 2 is 2.22 bits per heavy atom. The molecule has 1 amide bonds. The highest BCUT2D eigenvalue weighted by Crippen LogP contribution is 2.22. The summed E-state index contributed by atoms with van der Waals surface area (Å²) in [6, 6.07) is 7.45. The Morgan fingerprint density at radius 3 is 2.96 bits per heavy atom. The molecule has 2 heterocycles. The lowest BCUT2D eigenvalue weighted by atomic mass is 10.2. The highest BCUT2D eigenvalue weighted by atomic mass is 19.3. The van der Waals surface area contributed by atoms with Gasteiger partial charge in [0.05, 0.1) is 11.8 Å². The zero-order chi connectivity index (χ0) is 16.2. The van der Waals surface area contributed by atoms with Crippen LogP contribution in [0.2, 0.25) is 0 Å². The summed E-state index contributed by atoms with van der Waals surface area (Å²) in [5, 5.41) is 8.93. The monoisotopic (exact) mass is 320 g/mol. The van der Waals surface area contributed by atoms with Gasteiger partial charge in [0.15, 0.2) is 5.82 Å². The van der Waals surface area contributed by atoms with Crippen molar-refractivity contribution in [1.82, 2.24) is 15.2 Å². The Bertz CT molecular complexity index is 802. The van der Waals surface area contributed by atoms with Crippen molar-refractivity contribution in [2.45, 2.75) is 6.61 Å². The third-order valence-electron chi connectivity index (χ3n) is 2.83. The molecule has 0 saturated carbocycles. The standard InChI is InChI=1S/C14H10F2N4O3/c15-13(16)23-10-3-1-2-8(6-10)11-17-14(20-19-11)18-12(21)9-4-5-22-7-9/h1-7,13H,(H2,17,18,19,20,21). The van der Waals surface area contributed by atoms with Gasteiger partial charge in [0.2, 0.25) is 5.95 Å². The second kappa shape index (κ2) is 6.26. The molecule has 23 heavy (non-hydrogen) atoms. The number of alkyl halides is 2. The molecular formula is C14H10F2N4O3. The smallest absolute Gasteiger partial charge is 0.387 e. The van der Waals surface area contributed by atoms with Crippen molar-refractivity contribution >= 4 is 11.9 Å². The first-order valence-electron chi connectivity index (χ1n) is 6.43. The van der Waals surface area contributed by atoms with Crippen molar-refractivity contribution < 1.29 is 22.7 Å². The molecule has 0 aliphatic carbocycles. The Balaban J connectivity index is 1.75. The van der Waals surface area contributed by atoms with Crippen LogP contribution >= 0.6 is 0 Å². The lowest BCUT2D eigenvalue weighted by Crippen LogP contribution is -2.11. The second-order valence-electron chi connectivity index (χ2n) is 4.38. The average molecular weight is 320 g/mol. The van der Waals surface area contributed by atoms with Gasteiger partial charge in [0.25, 0.3) is 5.91 Å². The number of amides is 1. The van der Waals surface area contributed by atoms with Gasteiger partial charge in [-0.25, -0.2) is 0 Å². The summed E-state index contributed by atoms with van der Waals surface area (Å²) in [7, 11) is 0. The van der Waals surface area contributed by atoms with Gasteiger partial charge in [-0.15, -0.1) is 5.10 Å². The summed E-state index contributed by atoms with van der Waals surface area (Å²) >= 11 is 0. The van der Waals surface area contributed by atoms with E-state index >= 15 is 0 Å². The number of rotatable bonds is 5. The van der Waals surface area contributed by atoms with Crippen LogP contribution in [-0.4, -0.2) is 27.7 Å². The van der Waals surface area contributed by atoms with Crippen LogP contribution in [0.4, 0.5) is 14.7 Å². The second-order valence-corrected chi connectivity index (χ2v) is 4.38. The van der Waals surface area contributed by atoms with Gasteiger partial charge in [0, 0.05) is 5.56 Å². The van der Waals surface area contributed by atoms with E-state index in [0.717, 1.165) is 0 Å². The summed E-state index contributed by atoms with van der Waals surface area (Å²) in [5.74, 6) is -0.0874. The maximum atomic E-state index is 12.2. The van der Waals surface area contributed by atoms with Crippen molar-refractivity contribution in [3.8, 4) is 17.1 Å². The summed E-state index contributed by atoms with van der Waals surface area (Å²) in [6.07, 6.45) is 2.65. The SMILES string of the molecule is O=C(Nc1n[nH]c(-c2cccc(OC(F)F)c2)n1)c1ccoc1. The number of nitrogens with one attached hydrogen (secondary N) is 2. The molecule has 9 heteroatoms. The molecule has 0 aliphatic heterocycles. The van der Waals surface area contributed by atoms with Gasteiger partial charge in [-0.1, -0.05) is 12.1 Å². The van der Waals surface area contributed by atoms with E-state index < -0.39 is 12.5 Å². The van der Waals surface area contributed by atoms with Gasteiger partial charge in [0.1, 0.15) is 12.0 Å². The minimum atomic E-state index is -2.91. The average Bonchev–Trinajstić information content (AvgIpc) is 3.18. The van der Waals surface area contributed by atoms with Crippen LogP contribution in [0.1, 0.15) is 10.4 Å². The van der Waals surface area contributed by atoms with Crippen LogP contribution in [-0.2, 0) is 0 Å². The van der Waals surface area contributed by atoms with Gasteiger partial charge < -0.3 is 9.15 Å². The van der Waals surface area contributed by atoms with E-state index in [-0.39, 0.29) is 11.7 Å². The largest absolute Gasteiger partial charge is 0.472 e. The Hall–Kier alpha value is -3.23.